The number of aromatic nitrogens is 5. The fourth-order valence-electron chi connectivity index (χ4n) is 5.50. The molecule has 7 rings (SSSR count). The van der Waals surface area contributed by atoms with Gasteiger partial charge in [-0.2, -0.15) is 9.97 Å². The van der Waals surface area contributed by atoms with E-state index in [0.29, 0.717) is 46.6 Å². The van der Waals surface area contributed by atoms with Crippen molar-refractivity contribution in [3.63, 3.8) is 0 Å². The number of halogens is 1. The molecular formula is C26H27FN6O. The van der Waals surface area contributed by atoms with Crippen molar-refractivity contribution in [3.8, 4) is 17.4 Å². The summed E-state index contributed by atoms with van der Waals surface area (Å²) in [6, 6.07) is 9.84. The molecule has 1 atom stereocenters. The minimum atomic E-state index is -0.189. The summed E-state index contributed by atoms with van der Waals surface area (Å²) in [6.07, 6.45) is 5.90. The van der Waals surface area contributed by atoms with Crippen LogP contribution >= 0.6 is 0 Å². The second kappa shape index (κ2) is 8.43. The molecule has 0 saturated carbocycles. The van der Waals surface area contributed by atoms with Crippen LogP contribution in [0.4, 0.5) is 4.39 Å². The Labute approximate surface area is 197 Å². The molecule has 3 aromatic heterocycles. The van der Waals surface area contributed by atoms with Crippen molar-refractivity contribution in [2.75, 3.05) is 26.7 Å². The second-order valence-corrected chi connectivity index (χ2v) is 9.33. The normalized spacial score (nSPS) is 21.8. The minimum Gasteiger partial charge on any atom is -0.467 e. The molecule has 7 nitrogen and oxygen atoms in total. The van der Waals surface area contributed by atoms with E-state index in [2.05, 4.69) is 25.9 Å². The van der Waals surface area contributed by atoms with E-state index in [0.717, 1.165) is 17.7 Å². The van der Waals surface area contributed by atoms with E-state index in [-0.39, 0.29) is 11.8 Å². The van der Waals surface area contributed by atoms with Crippen LogP contribution in [0.1, 0.15) is 35.6 Å². The Balaban J connectivity index is 1.41. The Morgan fingerprint density at radius 1 is 1.12 bits per heavy atom. The topological polar surface area (TPSA) is 69.0 Å². The number of nitrogens with zero attached hydrogens (tertiary/aromatic N) is 6. The summed E-state index contributed by atoms with van der Waals surface area (Å²) < 4.78 is 22.7. The van der Waals surface area contributed by atoms with Crippen molar-refractivity contribution in [2.45, 2.75) is 32.2 Å². The van der Waals surface area contributed by atoms with Gasteiger partial charge in [0.1, 0.15) is 17.2 Å². The molecule has 2 bridgehead atoms. The zero-order valence-corrected chi connectivity index (χ0v) is 19.4. The maximum absolute atomic E-state index is 15.5. The van der Waals surface area contributed by atoms with Crippen LogP contribution in [-0.2, 0) is 6.54 Å². The van der Waals surface area contributed by atoms with Gasteiger partial charge in [-0.25, -0.2) is 9.37 Å². The van der Waals surface area contributed by atoms with Gasteiger partial charge in [0.25, 0.3) is 0 Å². The van der Waals surface area contributed by atoms with E-state index >= 15 is 4.39 Å². The monoisotopic (exact) mass is 458 g/mol. The molecule has 0 radical (unpaired) electrons. The Bertz CT molecular complexity index is 1350. The molecule has 1 unspecified atom stereocenters. The van der Waals surface area contributed by atoms with Gasteiger partial charge < -0.3 is 14.2 Å². The fraction of sp³-hybridized carbons (Fsp3) is 0.385. The van der Waals surface area contributed by atoms with Crippen LogP contribution < -0.4 is 4.74 Å². The number of imidazole rings is 1. The first kappa shape index (κ1) is 21.2. The fourth-order valence-corrected chi connectivity index (χ4v) is 5.50. The maximum Gasteiger partial charge on any atom is 0.318 e. The Morgan fingerprint density at radius 2 is 1.97 bits per heavy atom. The maximum atomic E-state index is 15.5. The second-order valence-electron chi connectivity index (χ2n) is 9.33. The number of fused-ring (bicyclic) bond motifs is 4. The first-order valence-corrected chi connectivity index (χ1v) is 11.8. The number of hydrogen-bond acceptors (Lipinski definition) is 6. The molecule has 0 amide bonds. The Hall–Kier alpha value is -3.39. The molecule has 34 heavy (non-hydrogen) atoms. The number of ether oxygens (including phenoxy) is 1. The van der Waals surface area contributed by atoms with Crippen molar-refractivity contribution in [1.82, 2.24) is 29.4 Å². The summed E-state index contributed by atoms with van der Waals surface area (Å²) in [5.74, 6) is 1.57. The first-order valence-electron chi connectivity index (χ1n) is 11.8. The summed E-state index contributed by atoms with van der Waals surface area (Å²) in [7, 11) is 1.54. The van der Waals surface area contributed by atoms with Gasteiger partial charge in [0, 0.05) is 30.1 Å². The molecular weight excluding hydrogens is 431 g/mol. The lowest BCUT2D eigenvalue weighted by Crippen LogP contribution is -2.46. The highest BCUT2D eigenvalue weighted by molar-refractivity contribution is 5.79. The van der Waals surface area contributed by atoms with Gasteiger partial charge in [-0.3, -0.25) is 4.98 Å². The zero-order valence-electron chi connectivity index (χ0n) is 19.4. The Kier molecular flexibility index (Phi) is 5.25. The van der Waals surface area contributed by atoms with Crippen LogP contribution in [0.25, 0.3) is 22.6 Å². The molecule has 3 aliphatic rings. The lowest BCUT2D eigenvalue weighted by molar-refractivity contribution is 0.0870. The lowest BCUT2D eigenvalue weighted by atomic mass is 9.75. The van der Waals surface area contributed by atoms with Gasteiger partial charge >= 0.3 is 6.01 Å². The number of aryl methyl sites for hydroxylation is 1. The van der Waals surface area contributed by atoms with E-state index < -0.39 is 0 Å². The van der Waals surface area contributed by atoms with E-state index in [1.54, 1.807) is 18.5 Å². The molecule has 1 aromatic carbocycles. The van der Waals surface area contributed by atoms with Crippen LogP contribution in [0.2, 0.25) is 0 Å². The van der Waals surface area contributed by atoms with E-state index in [1.165, 1.54) is 33.0 Å². The van der Waals surface area contributed by atoms with Crippen LogP contribution in [0.3, 0.4) is 0 Å². The van der Waals surface area contributed by atoms with Crippen molar-refractivity contribution >= 4 is 11.2 Å². The molecule has 6 heterocycles. The molecule has 0 aliphatic carbocycles. The molecule has 3 aliphatic heterocycles. The highest BCUT2D eigenvalue weighted by Crippen LogP contribution is 2.39. The molecule has 3 fully saturated rings. The number of benzene rings is 1. The van der Waals surface area contributed by atoms with E-state index in [9.17, 15) is 0 Å². The molecule has 174 valence electrons. The smallest absolute Gasteiger partial charge is 0.318 e. The standard InChI is InChI=1S/C26H27FN6O/c1-16-23-25(31-26(29-16)34-2)33(24(30-23)19-4-3-9-28-13-19)14-20-6-5-18(12-22(20)27)21-15-32-10-7-17(21)8-11-32/h3-6,9,12-13,17,21H,7-8,10-11,14-15H2,1-2H3. The van der Waals surface area contributed by atoms with Gasteiger partial charge in [0.05, 0.1) is 19.3 Å². The average molecular weight is 459 g/mol. The molecule has 4 aromatic rings. The van der Waals surface area contributed by atoms with Gasteiger partial charge in [0.15, 0.2) is 5.65 Å². The third kappa shape index (κ3) is 3.62. The van der Waals surface area contributed by atoms with Crippen LogP contribution in [0, 0.1) is 18.7 Å². The molecule has 8 heteroatoms. The highest BCUT2D eigenvalue weighted by Gasteiger charge is 2.35. The predicted octanol–water partition coefficient (Wildman–Crippen LogP) is 4.20. The van der Waals surface area contributed by atoms with Gasteiger partial charge in [-0.1, -0.05) is 12.1 Å². The van der Waals surface area contributed by atoms with Crippen LogP contribution in [0.5, 0.6) is 6.01 Å². The number of pyridine rings is 1. The molecule has 0 N–H and O–H groups in total. The van der Waals surface area contributed by atoms with Crippen molar-refractivity contribution in [2.24, 2.45) is 5.92 Å². The zero-order chi connectivity index (χ0) is 23.2. The van der Waals surface area contributed by atoms with Crippen molar-refractivity contribution in [3.05, 3.63) is 65.4 Å². The third-order valence-corrected chi connectivity index (χ3v) is 7.34. The van der Waals surface area contributed by atoms with Gasteiger partial charge in [-0.05, 0) is 68.5 Å². The number of methoxy groups -OCH3 is 1. The average Bonchev–Trinajstić information content (AvgIpc) is 3.25. The summed E-state index contributed by atoms with van der Waals surface area (Å²) in [5, 5.41) is 0. The number of hydrogen-bond donors (Lipinski definition) is 0. The highest BCUT2D eigenvalue weighted by atomic mass is 19.1. The van der Waals surface area contributed by atoms with Gasteiger partial charge in [0.2, 0.25) is 0 Å². The minimum absolute atomic E-state index is 0.189. The van der Waals surface area contributed by atoms with Crippen molar-refractivity contribution in [1.29, 1.82) is 0 Å². The Morgan fingerprint density at radius 3 is 2.65 bits per heavy atom. The molecule has 3 saturated heterocycles. The van der Waals surface area contributed by atoms with Crippen LogP contribution in [-0.4, -0.2) is 56.1 Å². The lowest BCUT2D eigenvalue weighted by Gasteiger charge is -2.45. The summed E-state index contributed by atoms with van der Waals surface area (Å²) in [6.45, 7) is 5.57. The third-order valence-electron chi connectivity index (χ3n) is 7.34. The first-order chi connectivity index (χ1) is 16.6. The van der Waals surface area contributed by atoms with Gasteiger partial charge in [-0.15, -0.1) is 0 Å². The largest absolute Gasteiger partial charge is 0.467 e. The summed E-state index contributed by atoms with van der Waals surface area (Å²) in [4.78, 5) is 20.5. The number of rotatable bonds is 5. The SMILES string of the molecule is COc1nc(C)c2nc(-c3cccnc3)n(Cc3ccc(C4CN5CCC4CC5)cc3F)c2n1. The molecule has 0 spiro atoms. The van der Waals surface area contributed by atoms with Crippen LogP contribution in [0.15, 0.2) is 42.7 Å². The van der Waals surface area contributed by atoms with Crippen molar-refractivity contribution < 1.29 is 9.13 Å². The van der Waals surface area contributed by atoms with E-state index in [4.69, 9.17) is 9.72 Å². The summed E-state index contributed by atoms with van der Waals surface area (Å²) >= 11 is 0. The number of piperidine rings is 3. The quantitative estimate of drug-likeness (QED) is 0.447. The predicted molar refractivity (Wildman–Crippen MR) is 127 cm³/mol. The summed E-state index contributed by atoms with van der Waals surface area (Å²) in [5.41, 5.74) is 4.54. The van der Waals surface area contributed by atoms with E-state index in [1.807, 2.05) is 29.7 Å².